The monoisotopic (exact) mass is 641 g/mol. The fourth-order valence-corrected chi connectivity index (χ4v) is 6.52. The second-order valence-corrected chi connectivity index (χ2v) is 13.4. The smallest absolute Gasteiger partial charge is 0.264 e. The van der Waals surface area contributed by atoms with Crippen LogP contribution in [0.25, 0.3) is 0 Å². The number of benzene rings is 4. The minimum atomic E-state index is -4.16. The summed E-state index contributed by atoms with van der Waals surface area (Å²) in [5.41, 5.74) is 3.87. The minimum Gasteiger partial charge on any atom is -0.497 e. The normalized spacial score (nSPS) is 12.5. The first-order valence-electron chi connectivity index (χ1n) is 15.4. The Morgan fingerprint density at radius 1 is 0.826 bits per heavy atom. The molecular weight excluding hydrogens is 598 g/mol. The summed E-state index contributed by atoms with van der Waals surface area (Å²) in [5.74, 6) is -0.212. The van der Waals surface area contributed by atoms with Crippen LogP contribution in [0.4, 0.5) is 5.69 Å². The van der Waals surface area contributed by atoms with Crippen molar-refractivity contribution < 1.29 is 22.7 Å². The fraction of sp³-hybridized carbons (Fsp3) is 0.297. The Kier molecular flexibility index (Phi) is 11.6. The van der Waals surface area contributed by atoms with Crippen molar-refractivity contribution in [1.82, 2.24) is 10.2 Å². The molecule has 2 atom stereocenters. The molecule has 242 valence electrons. The lowest BCUT2D eigenvalue weighted by molar-refractivity contribution is -0.140. The summed E-state index contributed by atoms with van der Waals surface area (Å²) in [6, 6.07) is 29.2. The third-order valence-electron chi connectivity index (χ3n) is 8.15. The largest absolute Gasteiger partial charge is 0.497 e. The van der Waals surface area contributed by atoms with Gasteiger partial charge in [0, 0.05) is 19.0 Å². The van der Waals surface area contributed by atoms with E-state index in [1.807, 2.05) is 82.3 Å². The number of nitrogens with one attached hydrogen (secondary N) is 1. The van der Waals surface area contributed by atoms with Crippen molar-refractivity contribution in [1.29, 1.82) is 0 Å². The highest BCUT2D eigenvalue weighted by Crippen LogP contribution is 2.27. The van der Waals surface area contributed by atoms with E-state index in [1.54, 1.807) is 43.5 Å². The predicted molar refractivity (Wildman–Crippen MR) is 182 cm³/mol. The maximum atomic E-state index is 14.6. The zero-order valence-electron chi connectivity index (χ0n) is 27.1. The van der Waals surface area contributed by atoms with Crippen LogP contribution in [0.5, 0.6) is 5.75 Å². The second-order valence-electron chi connectivity index (χ2n) is 11.5. The summed E-state index contributed by atoms with van der Waals surface area (Å²) >= 11 is 0. The van der Waals surface area contributed by atoms with E-state index in [2.05, 4.69) is 5.32 Å². The van der Waals surface area contributed by atoms with E-state index in [-0.39, 0.29) is 29.8 Å². The van der Waals surface area contributed by atoms with Crippen molar-refractivity contribution >= 4 is 27.5 Å². The van der Waals surface area contributed by atoms with Crippen LogP contribution < -0.4 is 14.4 Å². The molecule has 4 aromatic carbocycles. The molecule has 0 fully saturated rings. The van der Waals surface area contributed by atoms with Gasteiger partial charge in [0.25, 0.3) is 10.0 Å². The first-order valence-corrected chi connectivity index (χ1v) is 16.9. The molecule has 4 rings (SSSR count). The number of amides is 2. The number of anilines is 1. The van der Waals surface area contributed by atoms with Crippen LogP contribution in [0.15, 0.2) is 108 Å². The molecule has 2 amide bonds. The minimum absolute atomic E-state index is 0.0631. The number of ether oxygens (including phenoxy) is 1. The molecule has 0 radical (unpaired) electrons. The lowest BCUT2D eigenvalue weighted by atomic mass is 10.0. The molecule has 46 heavy (non-hydrogen) atoms. The third-order valence-corrected chi connectivity index (χ3v) is 9.94. The summed E-state index contributed by atoms with van der Waals surface area (Å²) in [7, 11) is -2.59. The molecule has 0 bridgehead atoms. The van der Waals surface area contributed by atoms with E-state index >= 15 is 0 Å². The van der Waals surface area contributed by atoms with Crippen LogP contribution >= 0.6 is 0 Å². The van der Waals surface area contributed by atoms with Crippen LogP contribution in [0.3, 0.4) is 0 Å². The molecule has 1 N–H and O–H groups in total. The van der Waals surface area contributed by atoms with Gasteiger partial charge >= 0.3 is 0 Å². The molecule has 0 saturated heterocycles. The quantitative estimate of drug-likeness (QED) is 0.181. The Balaban J connectivity index is 1.83. The standard InChI is InChI=1S/C37H43N3O5S/c1-6-29(4)38-37(42)35(24-30-14-9-7-10-15-30)39(25-31-16-13-17-33(23-31)45-5)36(41)26-40(32-21-20-27(2)28(3)22-32)46(43,44)34-18-11-8-12-19-34/h7-23,29,35H,6,24-26H2,1-5H3,(H,38,42)/t29-,35-/m0/s1. The van der Waals surface area contributed by atoms with Crippen molar-refractivity contribution in [2.24, 2.45) is 0 Å². The summed E-state index contributed by atoms with van der Waals surface area (Å²) in [6.45, 7) is 7.30. The molecule has 0 aliphatic carbocycles. The van der Waals surface area contributed by atoms with Crippen LogP contribution in [0.2, 0.25) is 0 Å². The molecular formula is C37H43N3O5S. The van der Waals surface area contributed by atoms with E-state index in [4.69, 9.17) is 4.74 Å². The van der Waals surface area contributed by atoms with Gasteiger partial charge in [-0.15, -0.1) is 0 Å². The van der Waals surface area contributed by atoms with Crippen molar-refractivity contribution in [2.45, 2.75) is 64.1 Å². The summed E-state index contributed by atoms with van der Waals surface area (Å²) < 4.78 is 34.9. The zero-order chi connectivity index (χ0) is 33.3. The van der Waals surface area contributed by atoms with E-state index in [0.717, 1.165) is 26.6 Å². The highest BCUT2D eigenvalue weighted by molar-refractivity contribution is 7.92. The summed E-state index contributed by atoms with van der Waals surface area (Å²) in [6.07, 6.45) is 0.956. The molecule has 9 heteroatoms. The molecule has 0 spiro atoms. The summed E-state index contributed by atoms with van der Waals surface area (Å²) in [5, 5.41) is 3.06. The SMILES string of the molecule is CC[C@H](C)NC(=O)[C@H](Cc1ccccc1)N(Cc1cccc(OC)c1)C(=O)CN(c1ccc(C)c(C)c1)S(=O)(=O)c1ccccc1. The van der Waals surface area contributed by atoms with Gasteiger partial charge in [-0.3, -0.25) is 13.9 Å². The van der Waals surface area contributed by atoms with Gasteiger partial charge in [-0.05, 0) is 85.8 Å². The Bertz CT molecular complexity index is 1730. The number of carbonyl (C=O) groups is 2. The fourth-order valence-electron chi connectivity index (χ4n) is 5.09. The molecule has 0 aromatic heterocycles. The maximum Gasteiger partial charge on any atom is 0.264 e. The van der Waals surface area contributed by atoms with Gasteiger partial charge in [-0.2, -0.15) is 0 Å². The molecule has 0 unspecified atom stereocenters. The zero-order valence-corrected chi connectivity index (χ0v) is 28.0. The second kappa shape index (κ2) is 15.6. The number of nitrogens with zero attached hydrogens (tertiary/aromatic N) is 2. The molecule has 8 nitrogen and oxygen atoms in total. The maximum absolute atomic E-state index is 14.6. The number of hydrogen-bond acceptors (Lipinski definition) is 5. The van der Waals surface area contributed by atoms with Crippen LogP contribution in [-0.4, -0.2) is 50.9 Å². The average Bonchev–Trinajstić information content (AvgIpc) is 3.07. The van der Waals surface area contributed by atoms with Crippen LogP contribution in [0.1, 0.15) is 42.5 Å². The number of rotatable bonds is 14. The number of methoxy groups -OCH3 is 1. The van der Waals surface area contributed by atoms with Gasteiger partial charge in [-0.1, -0.05) is 73.7 Å². The van der Waals surface area contributed by atoms with Crippen LogP contribution in [0, 0.1) is 13.8 Å². The topological polar surface area (TPSA) is 96.0 Å². The van der Waals surface area contributed by atoms with Gasteiger partial charge in [0.05, 0.1) is 17.7 Å². The average molecular weight is 642 g/mol. The van der Waals surface area contributed by atoms with Gasteiger partial charge in [-0.25, -0.2) is 8.42 Å². The third kappa shape index (κ3) is 8.54. The number of aryl methyl sites for hydroxylation is 2. The lowest BCUT2D eigenvalue weighted by Crippen LogP contribution is -2.54. The van der Waals surface area contributed by atoms with E-state index in [9.17, 15) is 18.0 Å². The van der Waals surface area contributed by atoms with Crippen molar-refractivity contribution in [3.63, 3.8) is 0 Å². The Hall–Kier alpha value is -4.63. The van der Waals surface area contributed by atoms with Crippen LogP contribution in [-0.2, 0) is 32.6 Å². The van der Waals surface area contributed by atoms with E-state index in [0.29, 0.717) is 17.9 Å². The van der Waals surface area contributed by atoms with E-state index < -0.39 is 28.5 Å². The highest BCUT2D eigenvalue weighted by Gasteiger charge is 2.35. The van der Waals surface area contributed by atoms with Gasteiger partial charge in [0.2, 0.25) is 11.8 Å². The first kappa shape index (κ1) is 34.2. The van der Waals surface area contributed by atoms with Crippen molar-refractivity contribution in [3.8, 4) is 5.75 Å². The molecule has 4 aromatic rings. The van der Waals surface area contributed by atoms with Gasteiger partial charge in [0.15, 0.2) is 0 Å². The number of sulfonamides is 1. The molecule has 0 aliphatic heterocycles. The Labute approximate surface area is 273 Å². The Morgan fingerprint density at radius 3 is 2.11 bits per heavy atom. The lowest BCUT2D eigenvalue weighted by Gasteiger charge is -2.34. The highest BCUT2D eigenvalue weighted by atomic mass is 32.2. The van der Waals surface area contributed by atoms with Gasteiger partial charge < -0.3 is 15.0 Å². The van der Waals surface area contributed by atoms with Crippen molar-refractivity contribution in [2.75, 3.05) is 18.0 Å². The number of carbonyl (C=O) groups excluding carboxylic acids is 2. The van der Waals surface area contributed by atoms with Crippen molar-refractivity contribution in [3.05, 3.63) is 125 Å². The number of hydrogen-bond donors (Lipinski definition) is 1. The molecule has 0 heterocycles. The predicted octanol–water partition coefficient (Wildman–Crippen LogP) is 6.06. The molecule has 0 saturated carbocycles. The van der Waals surface area contributed by atoms with E-state index in [1.165, 1.54) is 17.0 Å². The summed E-state index contributed by atoms with van der Waals surface area (Å²) in [4.78, 5) is 30.1. The Morgan fingerprint density at radius 2 is 1.48 bits per heavy atom. The molecule has 0 aliphatic rings. The first-order chi connectivity index (χ1) is 22.0. The van der Waals surface area contributed by atoms with Gasteiger partial charge in [0.1, 0.15) is 18.3 Å².